The SMILES string of the molecule is N=C(N)c1c(Cl)cccc1NC1CC1. The van der Waals surface area contributed by atoms with Gasteiger partial charge < -0.3 is 11.1 Å². The zero-order valence-electron chi connectivity index (χ0n) is 7.68. The van der Waals surface area contributed by atoms with Crippen molar-refractivity contribution in [3.8, 4) is 0 Å². The Hall–Kier alpha value is -1.22. The first-order valence-corrected chi connectivity index (χ1v) is 4.95. The molecule has 0 amide bonds. The van der Waals surface area contributed by atoms with E-state index in [4.69, 9.17) is 22.7 Å². The minimum absolute atomic E-state index is 0.0127. The molecule has 4 N–H and O–H groups in total. The number of rotatable bonds is 3. The van der Waals surface area contributed by atoms with E-state index in [1.165, 1.54) is 12.8 Å². The van der Waals surface area contributed by atoms with Crippen LogP contribution in [0.25, 0.3) is 0 Å². The average molecular weight is 210 g/mol. The summed E-state index contributed by atoms with van der Waals surface area (Å²) in [7, 11) is 0. The van der Waals surface area contributed by atoms with Crippen LogP contribution >= 0.6 is 11.6 Å². The largest absolute Gasteiger partial charge is 0.384 e. The van der Waals surface area contributed by atoms with E-state index < -0.39 is 0 Å². The lowest BCUT2D eigenvalue weighted by Crippen LogP contribution is -2.15. The van der Waals surface area contributed by atoms with E-state index in [1.807, 2.05) is 12.1 Å². The van der Waals surface area contributed by atoms with Crippen LogP contribution in [-0.4, -0.2) is 11.9 Å². The van der Waals surface area contributed by atoms with Gasteiger partial charge in [0.2, 0.25) is 0 Å². The molecule has 0 heterocycles. The van der Waals surface area contributed by atoms with Crippen LogP contribution in [0.3, 0.4) is 0 Å². The van der Waals surface area contributed by atoms with Crippen molar-refractivity contribution < 1.29 is 0 Å². The summed E-state index contributed by atoms with van der Waals surface area (Å²) in [5.41, 5.74) is 6.95. The molecule has 1 aromatic rings. The molecule has 0 radical (unpaired) electrons. The lowest BCUT2D eigenvalue weighted by atomic mass is 10.1. The van der Waals surface area contributed by atoms with Crippen LogP contribution in [0.1, 0.15) is 18.4 Å². The van der Waals surface area contributed by atoms with Gasteiger partial charge in [-0.05, 0) is 25.0 Å². The molecule has 1 fully saturated rings. The predicted octanol–water partition coefficient (Wildman–Crippen LogP) is 2.20. The summed E-state index contributed by atoms with van der Waals surface area (Å²) in [6.45, 7) is 0. The molecule has 1 saturated carbocycles. The first-order chi connectivity index (χ1) is 6.68. The Bertz CT molecular complexity index is 372. The fraction of sp³-hybridized carbons (Fsp3) is 0.300. The molecule has 0 aromatic heterocycles. The van der Waals surface area contributed by atoms with Gasteiger partial charge >= 0.3 is 0 Å². The van der Waals surface area contributed by atoms with E-state index >= 15 is 0 Å². The number of anilines is 1. The Balaban J connectivity index is 2.35. The number of nitrogen functional groups attached to an aromatic ring is 1. The van der Waals surface area contributed by atoms with Gasteiger partial charge in [-0.25, -0.2) is 0 Å². The van der Waals surface area contributed by atoms with Crippen molar-refractivity contribution in [3.05, 3.63) is 28.8 Å². The van der Waals surface area contributed by atoms with Crippen molar-refractivity contribution in [3.63, 3.8) is 0 Å². The number of amidine groups is 1. The van der Waals surface area contributed by atoms with E-state index in [0.717, 1.165) is 5.69 Å². The van der Waals surface area contributed by atoms with Gasteiger partial charge in [-0.1, -0.05) is 17.7 Å². The third-order valence-corrected chi connectivity index (χ3v) is 2.53. The van der Waals surface area contributed by atoms with Gasteiger partial charge in [-0.3, -0.25) is 5.41 Å². The number of nitrogens with two attached hydrogens (primary N) is 1. The lowest BCUT2D eigenvalue weighted by molar-refractivity contribution is 1.15. The summed E-state index contributed by atoms with van der Waals surface area (Å²) in [5, 5.41) is 11.3. The maximum absolute atomic E-state index is 7.44. The zero-order valence-corrected chi connectivity index (χ0v) is 8.43. The van der Waals surface area contributed by atoms with Crippen molar-refractivity contribution >= 4 is 23.1 Å². The Morgan fingerprint density at radius 3 is 2.79 bits per heavy atom. The van der Waals surface area contributed by atoms with Gasteiger partial charge in [0.1, 0.15) is 5.84 Å². The molecule has 1 aliphatic carbocycles. The van der Waals surface area contributed by atoms with Gasteiger partial charge in [0.25, 0.3) is 0 Å². The number of halogens is 1. The molecule has 3 nitrogen and oxygen atoms in total. The standard InChI is InChI=1S/C10H12ClN3/c11-7-2-1-3-8(9(7)10(12)13)14-6-4-5-6/h1-3,6,14H,4-5H2,(H3,12,13). The van der Waals surface area contributed by atoms with Crippen LogP contribution in [0.5, 0.6) is 0 Å². The molecular weight excluding hydrogens is 198 g/mol. The van der Waals surface area contributed by atoms with Crippen LogP contribution in [0, 0.1) is 5.41 Å². The number of benzene rings is 1. The van der Waals surface area contributed by atoms with E-state index in [1.54, 1.807) is 6.07 Å². The second-order valence-electron chi connectivity index (χ2n) is 3.49. The third kappa shape index (κ3) is 1.82. The summed E-state index contributed by atoms with van der Waals surface area (Å²) in [4.78, 5) is 0. The molecular formula is C10H12ClN3. The molecule has 14 heavy (non-hydrogen) atoms. The Labute approximate surface area is 87.8 Å². The van der Waals surface area contributed by atoms with Gasteiger partial charge in [0.15, 0.2) is 0 Å². The van der Waals surface area contributed by atoms with E-state index in [9.17, 15) is 0 Å². The maximum atomic E-state index is 7.44. The summed E-state index contributed by atoms with van der Waals surface area (Å²) in [6, 6.07) is 6.04. The highest BCUT2D eigenvalue weighted by molar-refractivity contribution is 6.34. The summed E-state index contributed by atoms with van der Waals surface area (Å²) < 4.78 is 0. The monoisotopic (exact) mass is 209 g/mol. The summed E-state index contributed by atoms with van der Waals surface area (Å²) in [5.74, 6) is 0.0127. The topological polar surface area (TPSA) is 61.9 Å². The highest BCUT2D eigenvalue weighted by Crippen LogP contribution is 2.29. The van der Waals surface area contributed by atoms with Crippen LogP contribution in [0.15, 0.2) is 18.2 Å². The summed E-state index contributed by atoms with van der Waals surface area (Å²) >= 11 is 5.97. The molecule has 0 spiro atoms. The molecule has 74 valence electrons. The Morgan fingerprint density at radius 2 is 2.21 bits per heavy atom. The van der Waals surface area contributed by atoms with Gasteiger partial charge in [-0.2, -0.15) is 0 Å². The minimum atomic E-state index is 0.0127. The van der Waals surface area contributed by atoms with Crippen LogP contribution in [0.2, 0.25) is 5.02 Å². The smallest absolute Gasteiger partial charge is 0.126 e. The van der Waals surface area contributed by atoms with Gasteiger partial charge in [0, 0.05) is 11.7 Å². The molecule has 0 atom stereocenters. The molecule has 0 unspecified atom stereocenters. The molecule has 4 heteroatoms. The Morgan fingerprint density at radius 1 is 1.50 bits per heavy atom. The Kier molecular flexibility index (Phi) is 2.33. The minimum Gasteiger partial charge on any atom is -0.384 e. The van der Waals surface area contributed by atoms with Crippen molar-refractivity contribution in [2.45, 2.75) is 18.9 Å². The van der Waals surface area contributed by atoms with E-state index in [2.05, 4.69) is 5.32 Å². The van der Waals surface area contributed by atoms with E-state index in [0.29, 0.717) is 16.6 Å². The fourth-order valence-corrected chi connectivity index (χ4v) is 1.64. The molecule has 0 aliphatic heterocycles. The molecule has 1 aliphatic rings. The lowest BCUT2D eigenvalue weighted by Gasteiger charge is -2.11. The second-order valence-corrected chi connectivity index (χ2v) is 3.90. The van der Waals surface area contributed by atoms with Crippen molar-refractivity contribution in [2.24, 2.45) is 5.73 Å². The molecule has 0 bridgehead atoms. The first kappa shape index (κ1) is 9.34. The van der Waals surface area contributed by atoms with Crippen molar-refractivity contribution in [1.82, 2.24) is 0 Å². The van der Waals surface area contributed by atoms with Crippen LogP contribution in [-0.2, 0) is 0 Å². The molecule has 2 rings (SSSR count). The fourth-order valence-electron chi connectivity index (χ4n) is 1.37. The highest BCUT2D eigenvalue weighted by atomic mass is 35.5. The zero-order chi connectivity index (χ0) is 10.1. The quantitative estimate of drug-likeness (QED) is 0.528. The van der Waals surface area contributed by atoms with Gasteiger partial charge in [0.05, 0.1) is 10.6 Å². The summed E-state index contributed by atoms with van der Waals surface area (Å²) in [6.07, 6.45) is 2.37. The van der Waals surface area contributed by atoms with Crippen LogP contribution < -0.4 is 11.1 Å². The van der Waals surface area contributed by atoms with Crippen molar-refractivity contribution in [2.75, 3.05) is 5.32 Å². The highest BCUT2D eigenvalue weighted by Gasteiger charge is 2.22. The third-order valence-electron chi connectivity index (χ3n) is 2.22. The number of hydrogen-bond donors (Lipinski definition) is 3. The maximum Gasteiger partial charge on any atom is 0.126 e. The first-order valence-electron chi connectivity index (χ1n) is 4.58. The second kappa shape index (κ2) is 3.50. The van der Waals surface area contributed by atoms with Gasteiger partial charge in [-0.15, -0.1) is 0 Å². The van der Waals surface area contributed by atoms with Crippen LogP contribution in [0.4, 0.5) is 5.69 Å². The normalized spacial score (nSPS) is 15.2. The van der Waals surface area contributed by atoms with Crippen molar-refractivity contribution in [1.29, 1.82) is 5.41 Å². The average Bonchev–Trinajstić information content (AvgIpc) is 2.87. The number of nitrogens with one attached hydrogen (secondary N) is 2. The predicted molar refractivity (Wildman–Crippen MR) is 59.1 cm³/mol. The van der Waals surface area contributed by atoms with E-state index in [-0.39, 0.29) is 5.84 Å². The molecule has 1 aromatic carbocycles. The number of hydrogen-bond acceptors (Lipinski definition) is 2. The molecule has 0 saturated heterocycles.